The number of hydrogen-bond acceptors (Lipinski definition) is 3. The molecule has 0 radical (unpaired) electrons. The first-order chi connectivity index (χ1) is 11.8. The minimum atomic E-state index is -0.378. The molecule has 4 aromatic rings. The highest BCUT2D eigenvalue weighted by Crippen LogP contribution is 2.37. The Morgan fingerprint density at radius 3 is 2.54 bits per heavy atom. The van der Waals surface area contributed by atoms with Crippen LogP contribution in [0.1, 0.15) is 0 Å². The van der Waals surface area contributed by atoms with Crippen molar-refractivity contribution < 1.29 is 4.92 Å². The SMILES string of the molecule is O=[N+]([O-])c1ccncc1-c1cccc2c(-c3ccccc3)c[nH]c12. The molecule has 0 aliphatic rings. The van der Waals surface area contributed by atoms with Crippen LogP contribution in [0, 0.1) is 10.1 Å². The first-order valence-corrected chi connectivity index (χ1v) is 7.50. The lowest BCUT2D eigenvalue weighted by Crippen LogP contribution is -1.93. The second-order valence-corrected chi connectivity index (χ2v) is 5.45. The van der Waals surface area contributed by atoms with Crippen LogP contribution >= 0.6 is 0 Å². The summed E-state index contributed by atoms with van der Waals surface area (Å²) in [5, 5.41) is 12.4. The number of rotatable bonds is 3. The van der Waals surface area contributed by atoms with Crippen LogP contribution in [0.5, 0.6) is 0 Å². The van der Waals surface area contributed by atoms with E-state index in [2.05, 4.69) is 9.97 Å². The van der Waals surface area contributed by atoms with E-state index in [9.17, 15) is 10.1 Å². The van der Waals surface area contributed by atoms with Crippen molar-refractivity contribution in [2.24, 2.45) is 0 Å². The van der Waals surface area contributed by atoms with Crippen LogP contribution in [0.3, 0.4) is 0 Å². The Hall–Kier alpha value is -3.47. The Bertz CT molecular complexity index is 1040. The fourth-order valence-corrected chi connectivity index (χ4v) is 2.99. The molecule has 116 valence electrons. The van der Waals surface area contributed by atoms with Gasteiger partial charge in [-0.2, -0.15) is 0 Å². The summed E-state index contributed by atoms with van der Waals surface area (Å²) in [7, 11) is 0. The highest BCUT2D eigenvalue weighted by molar-refractivity contribution is 6.03. The van der Waals surface area contributed by atoms with Gasteiger partial charge >= 0.3 is 0 Å². The van der Waals surface area contributed by atoms with E-state index in [1.54, 1.807) is 0 Å². The number of nitrogens with zero attached hydrogens (tertiary/aromatic N) is 2. The zero-order chi connectivity index (χ0) is 16.5. The quantitative estimate of drug-likeness (QED) is 0.436. The van der Waals surface area contributed by atoms with E-state index in [1.165, 1.54) is 18.5 Å². The molecule has 0 aliphatic carbocycles. The number of fused-ring (bicyclic) bond motifs is 1. The maximum atomic E-state index is 11.3. The smallest absolute Gasteiger partial charge is 0.280 e. The molecule has 2 heterocycles. The van der Waals surface area contributed by atoms with E-state index in [0.29, 0.717) is 5.56 Å². The van der Waals surface area contributed by atoms with Crippen LogP contribution in [0.4, 0.5) is 5.69 Å². The lowest BCUT2D eigenvalue weighted by atomic mass is 9.99. The first kappa shape index (κ1) is 14.1. The lowest BCUT2D eigenvalue weighted by molar-refractivity contribution is -0.384. The summed E-state index contributed by atoms with van der Waals surface area (Å²) < 4.78 is 0. The molecule has 0 spiro atoms. The first-order valence-electron chi connectivity index (χ1n) is 7.50. The third-order valence-electron chi connectivity index (χ3n) is 4.09. The monoisotopic (exact) mass is 315 g/mol. The second kappa shape index (κ2) is 5.62. The molecule has 0 atom stereocenters. The highest BCUT2D eigenvalue weighted by atomic mass is 16.6. The molecule has 24 heavy (non-hydrogen) atoms. The van der Waals surface area contributed by atoms with Gasteiger partial charge in [-0.05, 0) is 5.56 Å². The molecule has 4 rings (SSSR count). The van der Waals surface area contributed by atoms with Gasteiger partial charge in [0.15, 0.2) is 0 Å². The van der Waals surface area contributed by atoms with Gasteiger partial charge in [0.2, 0.25) is 0 Å². The van der Waals surface area contributed by atoms with E-state index in [-0.39, 0.29) is 10.6 Å². The van der Waals surface area contributed by atoms with Gasteiger partial charge in [-0.1, -0.05) is 48.5 Å². The lowest BCUT2D eigenvalue weighted by Gasteiger charge is -2.05. The summed E-state index contributed by atoms with van der Waals surface area (Å²) in [6.45, 7) is 0. The van der Waals surface area contributed by atoms with Crippen molar-refractivity contribution in [3.05, 3.63) is 83.3 Å². The summed E-state index contributed by atoms with van der Waals surface area (Å²) in [4.78, 5) is 18.3. The fourth-order valence-electron chi connectivity index (χ4n) is 2.99. The maximum Gasteiger partial charge on any atom is 0.280 e. The summed E-state index contributed by atoms with van der Waals surface area (Å²) in [6, 6.07) is 17.3. The van der Waals surface area contributed by atoms with Crippen molar-refractivity contribution in [2.45, 2.75) is 0 Å². The van der Waals surface area contributed by atoms with E-state index in [1.807, 2.05) is 54.7 Å². The molecule has 0 unspecified atom stereocenters. The Morgan fingerprint density at radius 2 is 1.75 bits per heavy atom. The minimum Gasteiger partial charge on any atom is -0.360 e. The van der Waals surface area contributed by atoms with Crippen molar-refractivity contribution in [3.8, 4) is 22.3 Å². The van der Waals surface area contributed by atoms with Gasteiger partial charge in [0.1, 0.15) is 0 Å². The molecule has 0 amide bonds. The van der Waals surface area contributed by atoms with Crippen LogP contribution in [0.15, 0.2) is 73.2 Å². The number of aromatic amines is 1. The zero-order valence-corrected chi connectivity index (χ0v) is 12.6. The average Bonchev–Trinajstić information content (AvgIpc) is 3.06. The summed E-state index contributed by atoms with van der Waals surface area (Å²) in [6.07, 6.45) is 4.91. The number of hydrogen-bond donors (Lipinski definition) is 1. The average molecular weight is 315 g/mol. The molecule has 0 saturated carbocycles. The summed E-state index contributed by atoms with van der Waals surface area (Å²) in [5.41, 5.74) is 4.37. The molecular formula is C19H13N3O2. The van der Waals surface area contributed by atoms with Gasteiger partial charge < -0.3 is 4.98 Å². The Labute approximate surface area is 137 Å². The third kappa shape index (κ3) is 2.23. The van der Waals surface area contributed by atoms with Crippen LogP contribution < -0.4 is 0 Å². The Morgan fingerprint density at radius 1 is 0.917 bits per heavy atom. The Balaban J connectivity index is 1.97. The number of nitrogens with one attached hydrogen (secondary N) is 1. The molecule has 1 N–H and O–H groups in total. The molecule has 0 bridgehead atoms. The van der Waals surface area contributed by atoms with Crippen molar-refractivity contribution in [1.29, 1.82) is 0 Å². The molecule has 2 aromatic heterocycles. The fraction of sp³-hybridized carbons (Fsp3) is 0. The van der Waals surface area contributed by atoms with E-state index >= 15 is 0 Å². The van der Waals surface area contributed by atoms with Gasteiger partial charge in [0.25, 0.3) is 5.69 Å². The van der Waals surface area contributed by atoms with Crippen LogP contribution in [0.2, 0.25) is 0 Å². The largest absolute Gasteiger partial charge is 0.360 e. The van der Waals surface area contributed by atoms with Gasteiger partial charge in [-0.15, -0.1) is 0 Å². The van der Waals surface area contributed by atoms with E-state index in [0.717, 1.165) is 27.6 Å². The zero-order valence-electron chi connectivity index (χ0n) is 12.6. The van der Waals surface area contributed by atoms with E-state index in [4.69, 9.17) is 0 Å². The van der Waals surface area contributed by atoms with Crippen molar-refractivity contribution in [2.75, 3.05) is 0 Å². The molecule has 0 saturated heterocycles. The maximum absolute atomic E-state index is 11.3. The number of H-pyrrole nitrogens is 1. The van der Waals surface area contributed by atoms with Gasteiger partial charge in [0, 0.05) is 41.2 Å². The van der Waals surface area contributed by atoms with Crippen LogP contribution in [-0.2, 0) is 0 Å². The van der Waals surface area contributed by atoms with Gasteiger partial charge in [-0.25, -0.2) is 0 Å². The molecule has 2 aromatic carbocycles. The molecule has 0 aliphatic heterocycles. The van der Waals surface area contributed by atoms with Crippen LogP contribution in [-0.4, -0.2) is 14.9 Å². The number of aromatic nitrogens is 2. The summed E-state index contributed by atoms with van der Waals surface area (Å²) in [5.74, 6) is 0. The molecule has 5 heteroatoms. The predicted octanol–water partition coefficient (Wildman–Crippen LogP) is 4.81. The van der Waals surface area contributed by atoms with Gasteiger partial charge in [0.05, 0.1) is 16.0 Å². The molecule has 0 fully saturated rings. The number of nitro groups is 1. The topological polar surface area (TPSA) is 71.8 Å². The highest BCUT2D eigenvalue weighted by Gasteiger charge is 2.18. The predicted molar refractivity (Wildman–Crippen MR) is 93.6 cm³/mol. The summed E-state index contributed by atoms with van der Waals surface area (Å²) >= 11 is 0. The molecule has 5 nitrogen and oxygen atoms in total. The Kier molecular flexibility index (Phi) is 3.31. The van der Waals surface area contributed by atoms with E-state index < -0.39 is 0 Å². The normalized spacial score (nSPS) is 10.8. The van der Waals surface area contributed by atoms with Crippen molar-refractivity contribution in [3.63, 3.8) is 0 Å². The molecular weight excluding hydrogens is 302 g/mol. The standard InChI is InChI=1S/C19H13N3O2/c23-22(24)18-9-10-20-11-17(18)15-8-4-7-14-16(12-21-19(14)15)13-5-2-1-3-6-13/h1-12,21H. The number of pyridine rings is 1. The van der Waals surface area contributed by atoms with Gasteiger partial charge in [-0.3, -0.25) is 15.1 Å². The van der Waals surface area contributed by atoms with Crippen molar-refractivity contribution in [1.82, 2.24) is 9.97 Å². The number of para-hydroxylation sites is 1. The number of benzene rings is 2. The minimum absolute atomic E-state index is 0.0494. The third-order valence-corrected chi connectivity index (χ3v) is 4.09. The van der Waals surface area contributed by atoms with Crippen molar-refractivity contribution >= 4 is 16.6 Å². The van der Waals surface area contributed by atoms with Crippen LogP contribution in [0.25, 0.3) is 33.2 Å². The second-order valence-electron chi connectivity index (χ2n) is 5.45.